The minimum absolute atomic E-state index is 0.102. The summed E-state index contributed by atoms with van der Waals surface area (Å²) in [7, 11) is 1.51. The minimum Gasteiger partial charge on any atom is -0.493 e. The molecule has 158 valence electrons. The van der Waals surface area contributed by atoms with Gasteiger partial charge in [0.15, 0.2) is 23.9 Å². The Hall–Kier alpha value is -3.96. The molecule has 32 heavy (non-hydrogen) atoms. The summed E-state index contributed by atoms with van der Waals surface area (Å²) in [6.45, 7) is -0.102. The molecule has 1 aromatic heterocycles. The number of methoxy groups -OCH3 is 1. The maximum Gasteiger partial charge on any atom is 0.282 e. The third-order valence-electron chi connectivity index (χ3n) is 4.67. The first-order valence-electron chi connectivity index (χ1n) is 9.61. The van der Waals surface area contributed by atoms with Crippen molar-refractivity contribution >= 4 is 33.0 Å². The van der Waals surface area contributed by atoms with Crippen LogP contribution in [0.15, 0.2) is 81.1 Å². The molecule has 4 rings (SSSR count). The minimum atomic E-state index is -0.275. The van der Waals surface area contributed by atoms with Crippen LogP contribution >= 0.6 is 15.9 Å². The van der Waals surface area contributed by atoms with Crippen molar-refractivity contribution in [3.8, 4) is 29.0 Å². The van der Waals surface area contributed by atoms with Crippen molar-refractivity contribution in [1.29, 1.82) is 5.26 Å². The van der Waals surface area contributed by atoms with Crippen LogP contribution in [0.1, 0.15) is 5.56 Å². The van der Waals surface area contributed by atoms with Crippen LogP contribution in [0.4, 0.5) is 0 Å². The zero-order valence-corrected chi connectivity index (χ0v) is 18.6. The lowest BCUT2D eigenvalue weighted by atomic mass is 10.2. The zero-order valence-electron chi connectivity index (χ0n) is 17.0. The summed E-state index contributed by atoms with van der Waals surface area (Å²) in [5.74, 6) is 1.30. The van der Waals surface area contributed by atoms with E-state index in [1.54, 1.807) is 36.5 Å². The number of aromatic nitrogens is 2. The van der Waals surface area contributed by atoms with E-state index < -0.39 is 0 Å². The molecule has 0 radical (unpaired) electrons. The van der Waals surface area contributed by atoms with Crippen LogP contribution in [0.3, 0.4) is 0 Å². The van der Waals surface area contributed by atoms with E-state index in [0.717, 1.165) is 5.56 Å². The van der Waals surface area contributed by atoms with Gasteiger partial charge in [-0.1, -0.05) is 42.5 Å². The van der Waals surface area contributed by atoms with Gasteiger partial charge >= 0.3 is 0 Å². The van der Waals surface area contributed by atoms with Gasteiger partial charge in [-0.25, -0.2) is 4.98 Å². The highest BCUT2D eigenvalue weighted by molar-refractivity contribution is 9.10. The number of nitriles is 1. The highest BCUT2D eigenvalue weighted by Gasteiger charge is 2.13. The summed E-state index contributed by atoms with van der Waals surface area (Å²) in [6, 6.07) is 21.9. The average molecular weight is 489 g/mol. The predicted molar refractivity (Wildman–Crippen MR) is 126 cm³/mol. The fourth-order valence-electron chi connectivity index (χ4n) is 3.16. The Labute approximate surface area is 192 Å². The molecular weight excluding hydrogens is 472 g/mol. The number of benzene rings is 3. The van der Waals surface area contributed by atoms with Gasteiger partial charge in [0, 0.05) is 15.6 Å². The van der Waals surface area contributed by atoms with Gasteiger partial charge in [-0.3, -0.25) is 4.79 Å². The SMILES string of the molecule is COc1cc(C=Nn2c(-c3ccccc3)nc3ccccc3c2=O)c(Br)cc1OCC#N. The van der Waals surface area contributed by atoms with Crippen molar-refractivity contribution in [2.45, 2.75) is 0 Å². The monoisotopic (exact) mass is 488 g/mol. The number of hydrogen-bond donors (Lipinski definition) is 0. The predicted octanol–water partition coefficient (Wildman–Crippen LogP) is 4.62. The molecule has 0 amide bonds. The first-order chi connectivity index (χ1) is 15.6. The summed E-state index contributed by atoms with van der Waals surface area (Å²) in [4.78, 5) is 17.9. The maximum atomic E-state index is 13.2. The molecule has 4 aromatic rings. The molecule has 0 aliphatic carbocycles. The molecule has 8 heteroatoms. The molecule has 0 bridgehead atoms. The fourth-order valence-corrected chi connectivity index (χ4v) is 3.58. The Balaban J connectivity index is 1.85. The van der Waals surface area contributed by atoms with Crippen LogP contribution in [-0.4, -0.2) is 29.6 Å². The van der Waals surface area contributed by atoms with Gasteiger partial charge in [-0.2, -0.15) is 15.0 Å². The molecule has 0 unspecified atom stereocenters. The van der Waals surface area contributed by atoms with Crippen LogP contribution in [0.25, 0.3) is 22.3 Å². The van der Waals surface area contributed by atoms with E-state index in [9.17, 15) is 4.79 Å². The third kappa shape index (κ3) is 4.24. The van der Waals surface area contributed by atoms with E-state index in [0.29, 0.717) is 38.3 Å². The van der Waals surface area contributed by atoms with Gasteiger partial charge in [-0.15, -0.1) is 0 Å². The van der Waals surface area contributed by atoms with Crippen LogP contribution in [-0.2, 0) is 0 Å². The van der Waals surface area contributed by atoms with E-state index in [2.05, 4.69) is 26.0 Å². The van der Waals surface area contributed by atoms with E-state index in [4.69, 9.17) is 14.7 Å². The second-order valence-electron chi connectivity index (χ2n) is 6.65. The summed E-state index contributed by atoms with van der Waals surface area (Å²) in [6.07, 6.45) is 1.55. The van der Waals surface area contributed by atoms with E-state index in [1.807, 2.05) is 42.5 Å². The number of nitrogens with zero attached hydrogens (tertiary/aromatic N) is 4. The van der Waals surface area contributed by atoms with E-state index in [1.165, 1.54) is 11.8 Å². The lowest BCUT2D eigenvalue weighted by molar-refractivity contribution is 0.329. The Kier molecular flexibility index (Phi) is 6.29. The van der Waals surface area contributed by atoms with Crippen molar-refractivity contribution < 1.29 is 9.47 Å². The number of fused-ring (bicyclic) bond motifs is 1. The van der Waals surface area contributed by atoms with E-state index >= 15 is 0 Å². The molecule has 0 N–H and O–H groups in total. The van der Waals surface area contributed by atoms with Gasteiger partial charge in [-0.05, 0) is 40.2 Å². The van der Waals surface area contributed by atoms with Crippen LogP contribution in [0.5, 0.6) is 11.5 Å². The topological polar surface area (TPSA) is 89.5 Å². The van der Waals surface area contributed by atoms with Gasteiger partial charge in [0.2, 0.25) is 0 Å². The van der Waals surface area contributed by atoms with Crippen LogP contribution in [0, 0.1) is 11.3 Å². The van der Waals surface area contributed by atoms with Gasteiger partial charge in [0.05, 0.1) is 24.2 Å². The molecule has 7 nitrogen and oxygen atoms in total. The van der Waals surface area contributed by atoms with Crippen molar-refractivity contribution in [1.82, 2.24) is 9.66 Å². The Morgan fingerprint density at radius 1 is 1.12 bits per heavy atom. The van der Waals surface area contributed by atoms with Crippen molar-refractivity contribution in [3.05, 3.63) is 87.1 Å². The summed E-state index contributed by atoms with van der Waals surface area (Å²) in [5.41, 5.74) is 1.75. The molecule has 0 aliphatic rings. The van der Waals surface area contributed by atoms with Crippen LogP contribution < -0.4 is 15.0 Å². The summed E-state index contributed by atoms with van der Waals surface area (Å²) < 4.78 is 12.7. The van der Waals surface area contributed by atoms with Gasteiger partial charge < -0.3 is 9.47 Å². The molecular formula is C24H17BrN4O3. The molecule has 3 aromatic carbocycles. The average Bonchev–Trinajstić information content (AvgIpc) is 2.83. The smallest absolute Gasteiger partial charge is 0.282 e. The maximum absolute atomic E-state index is 13.2. The molecule has 0 atom stereocenters. The third-order valence-corrected chi connectivity index (χ3v) is 5.36. The quantitative estimate of drug-likeness (QED) is 0.369. The fraction of sp³-hybridized carbons (Fsp3) is 0.0833. The summed E-state index contributed by atoms with van der Waals surface area (Å²) in [5, 5.41) is 13.7. The van der Waals surface area contributed by atoms with Crippen LogP contribution in [0.2, 0.25) is 0 Å². The zero-order chi connectivity index (χ0) is 22.5. The largest absolute Gasteiger partial charge is 0.493 e. The number of rotatable bonds is 6. The lowest BCUT2D eigenvalue weighted by Crippen LogP contribution is -2.20. The second kappa shape index (κ2) is 9.45. The highest BCUT2D eigenvalue weighted by Crippen LogP contribution is 2.33. The van der Waals surface area contributed by atoms with Gasteiger partial charge in [0.1, 0.15) is 6.07 Å². The molecule has 0 saturated carbocycles. The molecule has 1 heterocycles. The highest BCUT2D eigenvalue weighted by atomic mass is 79.9. The van der Waals surface area contributed by atoms with E-state index in [-0.39, 0.29) is 12.2 Å². The van der Waals surface area contributed by atoms with Crippen molar-refractivity contribution in [2.24, 2.45) is 5.10 Å². The molecule has 0 fully saturated rings. The normalized spacial score (nSPS) is 10.9. The number of para-hydroxylation sites is 1. The van der Waals surface area contributed by atoms with Crippen molar-refractivity contribution in [3.63, 3.8) is 0 Å². The Morgan fingerprint density at radius 2 is 1.88 bits per heavy atom. The standard InChI is InChI=1S/C24H17BrN4O3/c1-31-21-13-17(19(25)14-22(21)32-12-11-26)15-27-29-23(16-7-3-2-4-8-16)28-20-10-6-5-9-18(20)24(29)30/h2-10,13-15H,12H2,1H3. The van der Waals surface area contributed by atoms with Crippen molar-refractivity contribution in [2.75, 3.05) is 13.7 Å². The Bertz CT molecular complexity index is 1410. The number of ether oxygens (including phenoxy) is 2. The molecule has 0 aliphatic heterocycles. The first kappa shape index (κ1) is 21.3. The lowest BCUT2D eigenvalue weighted by Gasteiger charge is -2.11. The first-order valence-corrected chi connectivity index (χ1v) is 10.4. The summed E-state index contributed by atoms with van der Waals surface area (Å²) >= 11 is 3.48. The number of hydrogen-bond acceptors (Lipinski definition) is 6. The van der Waals surface area contributed by atoms with Gasteiger partial charge in [0.25, 0.3) is 5.56 Å². The second-order valence-corrected chi connectivity index (χ2v) is 7.51. The Morgan fingerprint density at radius 3 is 2.62 bits per heavy atom. The number of halogens is 1. The molecule has 0 saturated heterocycles. The molecule has 0 spiro atoms.